The van der Waals surface area contributed by atoms with Gasteiger partial charge >= 0.3 is 0 Å². The topological polar surface area (TPSA) is 72.7 Å². The van der Waals surface area contributed by atoms with E-state index in [1.54, 1.807) is 29.3 Å². The van der Waals surface area contributed by atoms with Gasteiger partial charge in [0, 0.05) is 12.7 Å². The normalized spacial score (nSPS) is 10.1. The summed E-state index contributed by atoms with van der Waals surface area (Å²) in [4.78, 5) is 19.4. The van der Waals surface area contributed by atoms with Crippen LogP contribution in [0.4, 0.5) is 0 Å². The Bertz CT molecular complexity index is 480. The van der Waals surface area contributed by atoms with Crippen molar-refractivity contribution in [1.82, 2.24) is 25.1 Å². The zero-order valence-electron chi connectivity index (χ0n) is 8.79. The van der Waals surface area contributed by atoms with Gasteiger partial charge in [0.15, 0.2) is 0 Å². The van der Waals surface area contributed by atoms with Crippen LogP contribution in [0, 0.1) is 0 Å². The first-order valence-electron chi connectivity index (χ1n) is 4.90. The van der Waals surface area contributed by atoms with Crippen LogP contribution in [-0.2, 0) is 0 Å². The molecule has 0 unspecified atom stereocenters. The van der Waals surface area contributed by atoms with E-state index in [2.05, 4.69) is 20.4 Å². The Hall–Kier alpha value is -2.24. The van der Waals surface area contributed by atoms with Gasteiger partial charge in [0.1, 0.15) is 18.3 Å². The SMILES string of the molecule is CCNC(=O)c1cc(-n2cncn2)ccn1. The second-order valence-electron chi connectivity index (χ2n) is 3.10. The van der Waals surface area contributed by atoms with Crippen molar-refractivity contribution < 1.29 is 4.79 Å². The zero-order valence-corrected chi connectivity index (χ0v) is 8.79. The molecule has 2 heterocycles. The number of pyridine rings is 1. The fourth-order valence-corrected chi connectivity index (χ4v) is 1.28. The molecule has 0 aliphatic carbocycles. The van der Waals surface area contributed by atoms with E-state index in [1.165, 1.54) is 6.33 Å². The maximum Gasteiger partial charge on any atom is 0.269 e. The summed E-state index contributed by atoms with van der Waals surface area (Å²) in [6, 6.07) is 3.43. The molecule has 16 heavy (non-hydrogen) atoms. The molecule has 6 nitrogen and oxygen atoms in total. The third-order valence-electron chi connectivity index (χ3n) is 2.00. The van der Waals surface area contributed by atoms with E-state index >= 15 is 0 Å². The smallest absolute Gasteiger partial charge is 0.269 e. The molecule has 1 N–H and O–H groups in total. The summed E-state index contributed by atoms with van der Waals surface area (Å²) in [5.74, 6) is -0.190. The first kappa shape index (κ1) is 10.3. The summed E-state index contributed by atoms with van der Waals surface area (Å²) < 4.78 is 1.57. The fraction of sp³-hybridized carbons (Fsp3) is 0.200. The van der Waals surface area contributed by atoms with Crippen LogP contribution in [0.2, 0.25) is 0 Å². The van der Waals surface area contributed by atoms with Crippen molar-refractivity contribution in [3.63, 3.8) is 0 Å². The standard InChI is InChI=1S/C10H11N5O/c1-2-12-10(16)9-5-8(3-4-13-9)15-7-11-6-14-15/h3-7H,2H2,1H3,(H,12,16). The van der Waals surface area contributed by atoms with Crippen LogP contribution in [0.5, 0.6) is 0 Å². The monoisotopic (exact) mass is 217 g/mol. The number of carbonyl (C=O) groups is 1. The number of hydrogen-bond donors (Lipinski definition) is 1. The summed E-state index contributed by atoms with van der Waals surface area (Å²) in [6.45, 7) is 2.44. The van der Waals surface area contributed by atoms with Gasteiger partial charge < -0.3 is 5.32 Å². The maximum atomic E-state index is 11.5. The van der Waals surface area contributed by atoms with Gasteiger partial charge in [-0.05, 0) is 19.1 Å². The second kappa shape index (κ2) is 4.52. The molecule has 0 radical (unpaired) electrons. The third-order valence-corrected chi connectivity index (χ3v) is 2.00. The number of aromatic nitrogens is 4. The zero-order chi connectivity index (χ0) is 11.4. The minimum atomic E-state index is -0.190. The highest BCUT2D eigenvalue weighted by molar-refractivity contribution is 5.92. The van der Waals surface area contributed by atoms with Gasteiger partial charge in [-0.3, -0.25) is 9.78 Å². The molecule has 0 saturated heterocycles. The lowest BCUT2D eigenvalue weighted by molar-refractivity contribution is 0.0951. The Balaban J connectivity index is 2.30. The number of hydrogen-bond acceptors (Lipinski definition) is 4. The lowest BCUT2D eigenvalue weighted by Gasteiger charge is -2.03. The average Bonchev–Trinajstić information content (AvgIpc) is 2.83. The quantitative estimate of drug-likeness (QED) is 0.808. The lowest BCUT2D eigenvalue weighted by Crippen LogP contribution is -2.23. The molecular weight excluding hydrogens is 206 g/mol. The molecule has 6 heteroatoms. The Morgan fingerprint density at radius 2 is 2.44 bits per heavy atom. The molecule has 0 bridgehead atoms. The molecule has 0 fully saturated rings. The van der Waals surface area contributed by atoms with Gasteiger partial charge in [0.2, 0.25) is 0 Å². The van der Waals surface area contributed by atoms with Crippen molar-refractivity contribution in [2.75, 3.05) is 6.54 Å². The second-order valence-corrected chi connectivity index (χ2v) is 3.10. The minimum absolute atomic E-state index is 0.190. The molecule has 0 atom stereocenters. The highest BCUT2D eigenvalue weighted by Crippen LogP contribution is 2.05. The van der Waals surface area contributed by atoms with E-state index in [1.807, 2.05) is 6.92 Å². The summed E-state index contributed by atoms with van der Waals surface area (Å²) in [6.07, 6.45) is 4.57. The van der Waals surface area contributed by atoms with E-state index < -0.39 is 0 Å². The van der Waals surface area contributed by atoms with Crippen LogP contribution in [-0.4, -0.2) is 32.2 Å². The predicted molar refractivity (Wildman–Crippen MR) is 57.2 cm³/mol. The van der Waals surface area contributed by atoms with Crippen LogP contribution in [0.3, 0.4) is 0 Å². The number of nitrogens with zero attached hydrogens (tertiary/aromatic N) is 4. The largest absolute Gasteiger partial charge is 0.351 e. The van der Waals surface area contributed by atoms with Crippen molar-refractivity contribution >= 4 is 5.91 Å². The number of rotatable bonds is 3. The predicted octanol–water partition coefficient (Wildman–Crippen LogP) is 0.412. The van der Waals surface area contributed by atoms with Crippen LogP contribution in [0.15, 0.2) is 31.0 Å². The Morgan fingerprint density at radius 1 is 1.56 bits per heavy atom. The molecule has 0 aromatic carbocycles. The number of amides is 1. The van der Waals surface area contributed by atoms with Crippen molar-refractivity contribution in [1.29, 1.82) is 0 Å². The van der Waals surface area contributed by atoms with E-state index in [0.717, 1.165) is 5.69 Å². The molecule has 0 spiro atoms. The molecule has 1 amide bonds. The summed E-state index contributed by atoms with van der Waals surface area (Å²) in [7, 11) is 0. The lowest BCUT2D eigenvalue weighted by atomic mass is 10.3. The summed E-state index contributed by atoms with van der Waals surface area (Å²) >= 11 is 0. The maximum absolute atomic E-state index is 11.5. The van der Waals surface area contributed by atoms with Crippen molar-refractivity contribution in [3.05, 3.63) is 36.7 Å². The van der Waals surface area contributed by atoms with Gasteiger partial charge in [0.25, 0.3) is 5.91 Å². The van der Waals surface area contributed by atoms with Crippen LogP contribution in [0.25, 0.3) is 5.69 Å². The van der Waals surface area contributed by atoms with Gasteiger partial charge in [-0.2, -0.15) is 5.10 Å². The first-order chi connectivity index (χ1) is 7.81. The van der Waals surface area contributed by atoms with Gasteiger partial charge in [-0.15, -0.1) is 0 Å². The minimum Gasteiger partial charge on any atom is -0.351 e. The van der Waals surface area contributed by atoms with E-state index in [0.29, 0.717) is 12.2 Å². The van der Waals surface area contributed by atoms with E-state index in [4.69, 9.17) is 0 Å². The molecule has 2 aromatic rings. The van der Waals surface area contributed by atoms with Crippen molar-refractivity contribution in [3.8, 4) is 5.69 Å². The van der Waals surface area contributed by atoms with Crippen molar-refractivity contribution in [2.24, 2.45) is 0 Å². The first-order valence-corrected chi connectivity index (χ1v) is 4.90. The molecule has 0 aliphatic rings. The Labute approximate surface area is 92.3 Å². The highest BCUT2D eigenvalue weighted by atomic mass is 16.1. The molecule has 2 rings (SSSR count). The highest BCUT2D eigenvalue weighted by Gasteiger charge is 2.07. The molecule has 82 valence electrons. The Kier molecular flexibility index (Phi) is 2.90. The molecule has 2 aromatic heterocycles. The summed E-state index contributed by atoms with van der Waals surface area (Å²) in [5.41, 5.74) is 1.13. The van der Waals surface area contributed by atoms with Gasteiger partial charge in [-0.25, -0.2) is 9.67 Å². The van der Waals surface area contributed by atoms with Gasteiger partial charge in [0.05, 0.1) is 5.69 Å². The van der Waals surface area contributed by atoms with Crippen LogP contribution < -0.4 is 5.32 Å². The number of nitrogens with one attached hydrogen (secondary N) is 1. The van der Waals surface area contributed by atoms with Crippen LogP contribution >= 0.6 is 0 Å². The van der Waals surface area contributed by atoms with Gasteiger partial charge in [-0.1, -0.05) is 0 Å². The fourth-order valence-electron chi connectivity index (χ4n) is 1.28. The van der Waals surface area contributed by atoms with E-state index in [9.17, 15) is 4.79 Å². The molecule has 0 saturated carbocycles. The average molecular weight is 217 g/mol. The Morgan fingerprint density at radius 3 is 3.12 bits per heavy atom. The van der Waals surface area contributed by atoms with E-state index in [-0.39, 0.29) is 5.91 Å². The summed E-state index contributed by atoms with van der Waals surface area (Å²) in [5, 5.41) is 6.67. The number of carbonyl (C=O) groups excluding carboxylic acids is 1. The van der Waals surface area contributed by atoms with Crippen LogP contribution in [0.1, 0.15) is 17.4 Å². The van der Waals surface area contributed by atoms with Crippen molar-refractivity contribution in [2.45, 2.75) is 6.92 Å². The molecule has 0 aliphatic heterocycles. The molecular formula is C10H11N5O. The third kappa shape index (κ3) is 2.05.